The zero-order chi connectivity index (χ0) is 17.1. The van der Waals surface area contributed by atoms with Crippen LogP contribution in [0.4, 0.5) is 9.18 Å². The first-order valence-corrected chi connectivity index (χ1v) is 8.34. The lowest BCUT2D eigenvalue weighted by Gasteiger charge is -2.24. The smallest absolute Gasteiger partial charge is 0.318 e. The van der Waals surface area contributed by atoms with Crippen molar-refractivity contribution in [2.24, 2.45) is 0 Å². The number of nitrogens with zero attached hydrogens (tertiary/aromatic N) is 3. The summed E-state index contributed by atoms with van der Waals surface area (Å²) in [5, 5.41) is 2.95. The van der Waals surface area contributed by atoms with Gasteiger partial charge < -0.3 is 14.8 Å². The van der Waals surface area contributed by atoms with Crippen molar-refractivity contribution >= 4 is 6.03 Å². The number of amides is 2. The molecular weight excluding hydrogens is 307 g/mol. The van der Waals surface area contributed by atoms with E-state index in [0.29, 0.717) is 19.1 Å². The number of carbonyl (C=O) groups excluding carboxylic acids is 1. The highest BCUT2D eigenvalue weighted by Gasteiger charge is 2.33. The molecule has 0 saturated heterocycles. The number of halogens is 1. The van der Waals surface area contributed by atoms with Gasteiger partial charge in [0.15, 0.2) is 0 Å². The van der Waals surface area contributed by atoms with Gasteiger partial charge in [-0.2, -0.15) is 0 Å². The largest absolute Gasteiger partial charge is 0.336 e. The topological polar surface area (TPSA) is 50.2 Å². The molecule has 2 aromatic rings. The van der Waals surface area contributed by atoms with Gasteiger partial charge in [-0.05, 0) is 44.4 Å². The minimum Gasteiger partial charge on any atom is -0.336 e. The second kappa shape index (κ2) is 7.03. The normalized spacial score (nSPS) is 14.0. The van der Waals surface area contributed by atoms with Gasteiger partial charge in [-0.25, -0.2) is 14.2 Å². The predicted octanol–water partition coefficient (Wildman–Crippen LogP) is 3.15. The molecule has 0 radical (unpaired) electrons. The van der Waals surface area contributed by atoms with Crippen LogP contribution in [0.25, 0.3) is 0 Å². The van der Waals surface area contributed by atoms with Crippen LogP contribution in [-0.4, -0.2) is 32.6 Å². The van der Waals surface area contributed by atoms with E-state index < -0.39 is 0 Å². The zero-order valence-corrected chi connectivity index (χ0v) is 14.1. The summed E-state index contributed by atoms with van der Waals surface area (Å²) in [7, 11) is 0. The SMILES string of the molecule is CC(C)NC(=O)N(Cc1nccn1Cc1cccc(F)c1)C1CC1. The van der Waals surface area contributed by atoms with E-state index in [0.717, 1.165) is 24.2 Å². The summed E-state index contributed by atoms with van der Waals surface area (Å²) in [5.41, 5.74) is 0.874. The van der Waals surface area contributed by atoms with E-state index in [9.17, 15) is 9.18 Å². The third-order valence-corrected chi connectivity index (χ3v) is 4.02. The number of imidazole rings is 1. The molecule has 2 amide bonds. The molecule has 0 unspecified atom stereocenters. The maximum Gasteiger partial charge on any atom is 0.318 e. The Labute approximate surface area is 141 Å². The highest BCUT2D eigenvalue weighted by molar-refractivity contribution is 5.75. The molecule has 5 nitrogen and oxygen atoms in total. The number of carbonyl (C=O) groups is 1. The maximum atomic E-state index is 13.4. The van der Waals surface area contributed by atoms with Gasteiger partial charge >= 0.3 is 6.03 Å². The summed E-state index contributed by atoms with van der Waals surface area (Å²) in [4.78, 5) is 18.6. The Morgan fingerprint density at radius 1 is 1.46 bits per heavy atom. The van der Waals surface area contributed by atoms with Gasteiger partial charge in [0, 0.05) is 31.0 Å². The van der Waals surface area contributed by atoms with Gasteiger partial charge in [-0.15, -0.1) is 0 Å². The van der Waals surface area contributed by atoms with Gasteiger partial charge in [-0.3, -0.25) is 0 Å². The number of rotatable bonds is 6. The number of hydrogen-bond acceptors (Lipinski definition) is 2. The Kier molecular flexibility index (Phi) is 4.83. The molecule has 1 aromatic heterocycles. The molecule has 0 atom stereocenters. The molecule has 1 heterocycles. The molecule has 24 heavy (non-hydrogen) atoms. The van der Waals surface area contributed by atoms with Crippen molar-refractivity contribution in [2.75, 3.05) is 0 Å². The molecule has 128 valence electrons. The van der Waals surface area contributed by atoms with Crippen LogP contribution < -0.4 is 5.32 Å². The van der Waals surface area contributed by atoms with E-state index in [1.54, 1.807) is 12.3 Å². The molecular formula is C18H23FN4O. The quantitative estimate of drug-likeness (QED) is 0.884. The van der Waals surface area contributed by atoms with Crippen LogP contribution in [0.2, 0.25) is 0 Å². The van der Waals surface area contributed by atoms with Crippen LogP contribution >= 0.6 is 0 Å². The highest BCUT2D eigenvalue weighted by atomic mass is 19.1. The van der Waals surface area contributed by atoms with Gasteiger partial charge in [0.1, 0.15) is 11.6 Å². The molecule has 0 aliphatic heterocycles. The van der Waals surface area contributed by atoms with Crippen LogP contribution in [0.15, 0.2) is 36.7 Å². The fraction of sp³-hybridized carbons (Fsp3) is 0.444. The second-order valence-corrected chi connectivity index (χ2v) is 6.56. The minimum absolute atomic E-state index is 0.0483. The monoisotopic (exact) mass is 330 g/mol. The minimum atomic E-state index is -0.245. The van der Waals surface area contributed by atoms with Crippen LogP contribution in [0.1, 0.15) is 38.1 Å². The van der Waals surface area contributed by atoms with E-state index in [1.807, 2.05) is 35.6 Å². The summed E-state index contributed by atoms with van der Waals surface area (Å²) in [5.74, 6) is 0.565. The van der Waals surface area contributed by atoms with Crippen LogP contribution in [0.5, 0.6) is 0 Å². The Bertz CT molecular complexity index is 709. The number of hydrogen-bond donors (Lipinski definition) is 1. The summed E-state index contributed by atoms with van der Waals surface area (Å²) in [6, 6.07) is 6.89. The van der Waals surface area contributed by atoms with Gasteiger partial charge in [0.25, 0.3) is 0 Å². The Balaban J connectivity index is 1.73. The number of urea groups is 1. The van der Waals surface area contributed by atoms with Crippen molar-refractivity contribution in [1.29, 1.82) is 0 Å². The second-order valence-electron chi connectivity index (χ2n) is 6.56. The number of aromatic nitrogens is 2. The van der Waals surface area contributed by atoms with Crippen molar-refractivity contribution in [3.8, 4) is 0 Å². The van der Waals surface area contributed by atoms with Crippen molar-refractivity contribution in [1.82, 2.24) is 19.8 Å². The van der Waals surface area contributed by atoms with Crippen LogP contribution in [0.3, 0.4) is 0 Å². The molecule has 1 aliphatic rings. The number of nitrogens with one attached hydrogen (secondary N) is 1. The first kappa shape index (κ1) is 16.5. The number of benzene rings is 1. The average molecular weight is 330 g/mol. The van der Waals surface area contributed by atoms with E-state index in [2.05, 4.69) is 10.3 Å². The molecule has 1 aromatic carbocycles. The van der Waals surface area contributed by atoms with Crippen molar-refractivity contribution in [3.05, 3.63) is 53.9 Å². The summed E-state index contributed by atoms with van der Waals surface area (Å²) < 4.78 is 15.3. The van der Waals surface area contributed by atoms with Crippen molar-refractivity contribution in [3.63, 3.8) is 0 Å². The lowest BCUT2D eigenvalue weighted by Crippen LogP contribution is -2.44. The van der Waals surface area contributed by atoms with Gasteiger partial charge in [0.05, 0.1) is 6.54 Å². The Hall–Kier alpha value is -2.37. The maximum absolute atomic E-state index is 13.4. The predicted molar refractivity (Wildman–Crippen MR) is 90.0 cm³/mol. The fourth-order valence-electron chi connectivity index (χ4n) is 2.70. The van der Waals surface area contributed by atoms with E-state index >= 15 is 0 Å². The van der Waals surface area contributed by atoms with Crippen LogP contribution in [-0.2, 0) is 13.1 Å². The first-order valence-electron chi connectivity index (χ1n) is 8.34. The molecule has 1 aliphatic carbocycles. The van der Waals surface area contributed by atoms with Crippen molar-refractivity contribution < 1.29 is 9.18 Å². The third kappa shape index (κ3) is 4.13. The van der Waals surface area contributed by atoms with Gasteiger partial charge in [0.2, 0.25) is 0 Å². The molecule has 6 heteroatoms. The fourth-order valence-corrected chi connectivity index (χ4v) is 2.70. The zero-order valence-electron chi connectivity index (χ0n) is 14.1. The highest BCUT2D eigenvalue weighted by Crippen LogP contribution is 2.28. The molecule has 0 bridgehead atoms. The molecule has 0 spiro atoms. The van der Waals surface area contributed by atoms with Crippen LogP contribution in [0, 0.1) is 5.82 Å². The summed E-state index contributed by atoms with van der Waals surface area (Å²) in [6.45, 7) is 4.91. The Morgan fingerprint density at radius 2 is 2.25 bits per heavy atom. The third-order valence-electron chi connectivity index (χ3n) is 4.02. The van der Waals surface area contributed by atoms with E-state index in [-0.39, 0.29) is 17.9 Å². The molecule has 1 fully saturated rings. The molecule has 1 saturated carbocycles. The Morgan fingerprint density at radius 3 is 2.92 bits per heavy atom. The average Bonchev–Trinajstić information content (AvgIpc) is 3.26. The van der Waals surface area contributed by atoms with Gasteiger partial charge in [-0.1, -0.05) is 12.1 Å². The lowest BCUT2D eigenvalue weighted by atomic mass is 10.2. The summed E-state index contributed by atoms with van der Waals surface area (Å²) >= 11 is 0. The summed E-state index contributed by atoms with van der Waals surface area (Å²) in [6.07, 6.45) is 5.66. The van der Waals surface area contributed by atoms with E-state index in [1.165, 1.54) is 12.1 Å². The van der Waals surface area contributed by atoms with E-state index in [4.69, 9.17) is 0 Å². The first-order chi connectivity index (χ1) is 11.5. The molecule has 1 N–H and O–H groups in total. The molecule has 3 rings (SSSR count). The van der Waals surface area contributed by atoms with Crippen molar-refractivity contribution in [2.45, 2.75) is 51.9 Å². The standard InChI is InChI=1S/C18H23FN4O/c1-13(2)21-18(24)23(16-6-7-16)12-17-20-8-9-22(17)11-14-4-3-5-15(19)10-14/h3-5,8-10,13,16H,6-7,11-12H2,1-2H3,(H,21,24). The lowest BCUT2D eigenvalue weighted by molar-refractivity contribution is 0.187.